The number of likely N-dealkylation sites (tertiary alicyclic amines) is 1. The highest BCUT2D eigenvalue weighted by Crippen LogP contribution is 2.26. The Morgan fingerprint density at radius 2 is 1.73 bits per heavy atom. The lowest BCUT2D eigenvalue weighted by molar-refractivity contribution is -0.121. The summed E-state index contributed by atoms with van der Waals surface area (Å²) in [5.74, 6) is 1.45. The Morgan fingerprint density at radius 3 is 2.47 bits per heavy atom. The molecule has 3 rings (SSSR count). The van der Waals surface area contributed by atoms with E-state index >= 15 is 0 Å². The molecule has 0 atom stereocenters. The fraction of sp³-hybridized carbons (Fsp3) is 0.417. The Morgan fingerprint density at radius 1 is 1.00 bits per heavy atom. The molecule has 0 saturated carbocycles. The van der Waals surface area contributed by atoms with E-state index in [-0.39, 0.29) is 11.8 Å². The Bertz CT molecular complexity index is 847. The van der Waals surface area contributed by atoms with Crippen molar-refractivity contribution < 1.29 is 19.1 Å². The van der Waals surface area contributed by atoms with Gasteiger partial charge in [-0.3, -0.25) is 9.59 Å². The van der Waals surface area contributed by atoms with Gasteiger partial charge in [0.2, 0.25) is 5.91 Å². The molecule has 0 bridgehead atoms. The van der Waals surface area contributed by atoms with Crippen LogP contribution in [0.3, 0.4) is 0 Å². The lowest BCUT2D eigenvalue weighted by atomic mass is 10.1. The number of nitrogens with zero attached hydrogens (tertiary/aromatic N) is 1. The minimum atomic E-state index is -0.0343. The number of benzene rings is 2. The zero-order chi connectivity index (χ0) is 21.2. The van der Waals surface area contributed by atoms with Gasteiger partial charge >= 0.3 is 0 Å². The molecule has 2 amide bonds. The molecule has 6 nitrogen and oxygen atoms in total. The molecule has 2 aromatic carbocycles. The third kappa shape index (κ3) is 6.24. The van der Waals surface area contributed by atoms with E-state index in [2.05, 4.69) is 5.32 Å². The molecule has 1 saturated heterocycles. The molecule has 0 spiro atoms. The molecular weight excluding hydrogens is 380 g/mol. The number of amides is 2. The summed E-state index contributed by atoms with van der Waals surface area (Å²) >= 11 is 0. The van der Waals surface area contributed by atoms with Crippen molar-refractivity contribution in [3.8, 4) is 11.5 Å². The molecule has 30 heavy (non-hydrogen) atoms. The summed E-state index contributed by atoms with van der Waals surface area (Å²) in [5.41, 5.74) is 1.61. The average molecular weight is 411 g/mol. The monoisotopic (exact) mass is 410 g/mol. The fourth-order valence-electron chi connectivity index (χ4n) is 3.47. The molecule has 160 valence electrons. The maximum atomic E-state index is 12.5. The van der Waals surface area contributed by atoms with Crippen LogP contribution >= 0.6 is 0 Å². The summed E-state index contributed by atoms with van der Waals surface area (Å²) in [7, 11) is 0. The molecule has 6 heteroatoms. The number of carbonyl (C=O) groups excluding carboxylic acids is 2. The van der Waals surface area contributed by atoms with Gasteiger partial charge in [-0.1, -0.05) is 24.3 Å². The van der Waals surface area contributed by atoms with Crippen molar-refractivity contribution in [2.45, 2.75) is 39.2 Å². The van der Waals surface area contributed by atoms with Crippen LogP contribution in [0.25, 0.3) is 0 Å². The maximum Gasteiger partial charge on any atom is 0.253 e. The van der Waals surface area contributed by atoms with Crippen LogP contribution in [0.2, 0.25) is 0 Å². The number of rotatable bonds is 10. The van der Waals surface area contributed by atoms with Crippen molar-refractivity contribution >= 4 is 11.8 Å². The zero-order valence-corrected chi connectivity index (χ0v) is 17.6. The molecule has 0 radical (unpaired) electrons. The van der Waals surface area contributed by atoms with E-state index in [1.54, 1.807) is 0 Å². The van der Waals surface area contributed by atoms with Crippen LogP contribution in [0.5, 0.6) is 11.5 Å². The van der Waals surface area contributed by atoms with Crippen LogP contribution in [0.4, 0.5) is 0 Å². The van der Waals surface area contributed by atoms with E-state index in [1.165, 1.54) is 0 Å². The predicted molar refractivity (Wildman–Crippen MR) is 116 cm³/mol. The highest BCUT2D eigenvalue weighted by Gasteiger charge is 2.19. The Kier molecular flexibility index (Phi) is 8.12. The summed E-state index contributed by atoms with van der Waals surface area (Å²) in [6.07, 6.45) is 3.13. The molecule has 1 heterocycles. The van der Waals surface area contributed by atoms with Gasteiger partial charge < -0.3 is 19.7 Å². The smallest absolute Gasteiger partial charge is 0.253 e. The van der Waals surface area contributed by atoms with Crippen molar-refractivity contribution in [1.82, 2.24) is 10.2 Å². The van der Waals surface area contributed by atoms with Gasteiger partial charge in [-0.05, 0) is 56.0 Å². The van der Waals surface area contributed by atoms with Gasteiger partial charge in [0.05, 0.1) is 13.2 Å². The minimum absolute atomic E-state index is 0.0343. The van der Waals surface area contributed by atoms with Crippen LogP contribution in [-0.2, 0) is 11.3 Å². The first kappa shape index (κ1) is 21.7. The summed E-state index contributed by atoms with van der Waals surface area (Å²) in [6.45, 7) is 5.02. The summed E-state index contributed by atoms with van der Waals surface area (Å²) in [5, 5.41) is 2.92. The fourth-order valence-corrected chi connectivity index (χ4v) is 3.47. The summed E-state index contributed by atoms with van der Waals surface area (Å²) in [6, 6.07) is 15.0. The largest absolute Gasteiger partial charge is 0.490 e. The first-order valence-electron chi connectivity index (χ1n) is 10.7. The Hall–Kier alpha value is -3.02. The van der Waals surface area contributed by atoms with Gasteiger partial charge in [-0.25, -0.2) is 0 Å². The second-order valence-corrected chi connectivity index (χ2v) is 7.31. The van der Waals surface area contributed by atoms with E-state index < -0.39 is 0 Å². The molecule has 0 aliphatic carbocycles. The molecular formula is C24H30N2O4. The Labute approximate surface area is 178 Å². The molecule has 1 fully saturated rings. The molecule has 0 unspecified atom stereocenters. The second-order valence-electron chi connectivity index (χ2n) is 7.31. The molecule has 1 aliphatic rings. The van der Waals surface area contributed by atoms with Gasteiger partial charge in [-0.15, -0.1) is 0 Å². The van der Waals surface area contributed by atoms with E-state index in [4.69, 9.17) is 9.47 Å². The standard InChI is InChI=1S/C24H30N2O4/c1-2-29-21-11-3-4-12-22(21)30-16-8-13-23(27)25-18-19-9-7-10-20(17-19)24(28)26-14-5-6-15-26/h3-4,7,9-12,17H,2,5-6,8,13-16,18H2,1H3,(H,25,27). The van der Waals surface area contributed by atoms with Crippen LogP contribution in [0, 0.1) is 0 Å². The molecule has 0 aromatic heterocycles. The first-order chi connectivity index (χ1) is 14.7. The molecule has 1 N–H and O–H groups in total. The van der Waals surface area contributed by atoms with E-state index in [0.717, 1.165) is 31.5 Å². The van der Waals surface area contributed by atoms with E-state index in [9.17, 15) is 9.59 Å². The third-order valence-corrected chi connectivity index (χ3v) is 5.01. The van der Waals surface area contributed by atoms with Crippen LogP contribution < -0.4 is 14.8 Å². The van der Waals surface area contributed by atoms with Crippen LogP contribution in [0.15, 0.2) is 48.5 Å². The SMILES string of the molecule is CCOc1ccccc1OCCCC(=O)NCc1cccc(C(=O)N2CCCC2)c1. The average Bonchev–Trinajstić information content (AvgIpc) is 3.31. The summed E-state index contributed by atoms with van der Waals surface area (Å²) in [4.78, 5) is 26.6. The zero-order valence-electron chi connectivity index (χ0n) is 17.6. The van der Waals surface area contributed by atoms with Gasteiger partial charge in [0.1, 0.15) is 0 Å². The van der Waals surface area contributed by atoms with Crippen LogP contribution in [0.1, 0.15) is 48.5 Å². The van der Waals surface area contributed by atoms with Gasteiger partial charge in [0, 0.05) is 31.6 Å². The highest BCUT2D eigenvalue weighted by molar-refractivity contribution is 5.94. The third-order valence-electron chi connectivity index (χ3n) is 5.01. The minimum Gasteiger partial charge on any atom is -0.490 e. The van der Waals surface area contributed by atoms with Crippen molar-refractivity contribution in [3.63, 3.8) is 0 Å². The number of para-hydroxylation sites is 2. The lowest BCUT2D eigenvalue weighted by Gasteiger charge is -2.15. The highest BCUT2D eigenvalue weighted by atomic mass is 16.5. The number of hydrogen-bond donors (Lipinski definition) is 1. The quantitative estimate of drug-likeness (QED) is 0.605. The maximum absolute atomic E-state index is 12.5. The number of hydrogen-bond acceptors (Lipinski definition) is 4. The van der Waals surface area contributed by atoms with Crippen molar-refractivity contribution in [2.75, 3.05) is 26.3 Å². The lowest BCUT2D eigenvalue weighted by Crippen LogP contribution is -2.28. The predicted octanol–water partition coefficient (Wildman–Crippen LogP) is 3.80. The topological polar surface area (TPSA) is 67.9 Å². The van der Waals surface area contributed by atoms with Crippen molar-refractivity contribution in [2.24, 2.45) is 0 Å². The second kappa shape index (κ2) is 11.2. The molecule has 2 aromatic rings. The van der Waals surface area contributed by atoms with Crippen molar-refractivity contribution in [3.05, 3.63) is 59.7 Å². The van der Waals surface area contributed by atoms with E-state index in [0.29, 0.717) is 49.7 Å². The van der Waals surface area contributed by atoms with E-state index in [1.807, 2.05) is 60.4 Å². The van der Waals surface area contributed by atoms with Crippen LogP contribution in [-0.4, -0.2) is 43.0 Å². The number of carbonyl (C=O) groups is 2. The first-order valence-corrected chi connectivity index (χ1v) is 10.7. The van der Waals surface area contributed by atoms with Crippen molar-refractivity contribution in [1.29, 1.82) is 0 Å². The van der Waals surface area contributed by atoms with Gasteiger partial charge in [0.25, 0.3) is 5.91 Å². The number of nitrogens with one attached hydrogen (secondary N) is 1. The van der Waals surface area contributed by atoms with Gasteiger partial charge in [-0.2, -0.15) is 0 Å². The number of ether oxygens (including phenoxy) is 2. The molecule has 1 aliphatic heterocycles. The summed E-state index contributed by atoms with van der Waals surface area (Å²) < 4.78 is 11.3. The van der Waals surface area contributed by atoms with Gasteiger partial charge in [0.15, 0.2) is 11.5 Å². The Balaban J connectivity index is 1.40. The normalized spacial score (nSPS) is 13.2.